The van der Waals surface area contributed by atoms with Crippen LogP contribution in [-0.2, 0) is 20.2 Å². The highest BCUT2D eigenvalue weighted by Crippen LogP contribution is 2.34. The maximum atomic E-state index is 13.2. The summed E-state index contributed by atoms with van der Waals surface area (Å²) in [4.78, 5) is 22.8. The molecule has 0 spiro atoms. The molecular formula is C20H14N4O11S2. The van der Waals surface area contributed by atoms with Gasteiger partial charge in [0, 0.05) is 11.6 Å². The van der Waals surface area contributed by atoms with E-state index in [9.17, 15) is 36.1 Å². The number of carboxylic acids is 1. The molecule has 2 heterocycles. The highest BCUT2D eigenvalue weighted by atomic mass is 32.2. The van der Waals surface area contributed by atoms with Crippen LogP contribution in [0.1, 0.15) is 15.9 Å². The van der Waals surface area contributed by atoms with Crippen LogP contribution >= 0.6 is 0 Å². The summed E-state index contributed by atoms with van der Waals surface area (Å²) in [6.45, 7) is 1.08. The molecule has 4 aromatic rings. The van der Waals surface area contributed by atoms with E-state index in [1.165, 1.54) is 6.07 Å². The van der Waals surface area contributed by atoms with Crippen LogP contribution < -0.4 is 5.56 Å². The van der Waals surface area contributed by atoms with Gasteiger partial charge in [0.15, 0.2) is 16.2 Å². The van der Waals surface area contributed by atoms with E-state index >= 15 is 0 Å². The first kappa shape index (κ1) is 25.6. The molecule has 2 aromatic carbocycles. The summed E-state index contributed by atoms with van der Waals surface area (Å²) in [6, 6.07) is 7.62. The Bertz CT molecular complexity index is 1890. The molecule has 0 aliphatic carbocycles. The molecule has 4 N–H and O–H groups in total. The van der Waals surface area contributed by atoms with Crippen LogP contribution in [0.15, 0.2) is 71.8 Å². The number of pyridine rings is 1. The Morgan fingerprint density at radius 1 is 1.00 bits per heavy atom. The van der Waals surface area contributed by atoms with Crippen molar-refractivity contribution in [3.05, 3.63) is 63.9 Å². The zero-order valence-corrected chi connectivity index (χ0v) is 19.9. The van der Waals surface area contributed by atoms with Crippen LogP contribution in [0.25, 0.3) is 16.7 Å². The lowest BCUT2D eigenvalue weighted by Crippen LogP contribution is -2.22. The fourth-order valence-corrected chi connectivity index (χ4v) is 4.69. The predicted octanol–water partition coefficient (Wildman–Crippen LogP) is 2.60. The largest absolute Gasteiger partial charge is 0.493 e. The van der Waals surface area contributed by atoms with Gasteiger partial charge in [0.05, 0.1) is 21.5 Å². The summed E-state index contributed by atoms with van der Waals surface area (Å²) >= 11 is 0. The lowest BCUT2D eigenvalue weighted by Gasteiger charge is -2.14. The average Bonchev–Trinajstić information content (AvgIpc) is 3.20. The number of nitrogens with zero attached hydrogens (tertiary/aromatic N) is 4. The molecule has 192 valence electrons. The van der Waals surface area contributed by atoms with Gasteiger partial charge in [-0.05, 0) is 43.3 Å². The van der Waals surface area contributed by atoms with Gasteiger partial charge in [0.25, 0.3) is 25.8 Å². The lowest BCUT2D eigenvalue weighted by atomic mass is 10.2. The van der Waals surface area contributed by atoms with E-state index in [0.29, 0.717) is 4.57 Å². The van der Waals surface area contributed by atoms with Crippen molar-refractivity contribution in [3.8, 4) is 11.6 Å². The molecule has 0 amide bonds. The summed E-state index contributed by atoms with van der Waals surface area (Å²) in [5.41, 5.74) is -2.62. The molecule has 0 aliphatic rings. The van der Waals surface area contributed by atoms with E-state index in [1.807, 2.05) is 0 Å². The average molecular weight is 550 g/mol. The monoisotopic (exact) mass is 550 g/mol. The fraction of sp³-hybridized carbons (Fsp3) is 0.0500. The highest BCUT2D eigenvalue weighted by Gasteiger charge is 2.28. The number of hydrogen-bond acceptors (Lipinski definition) is 11. The van der Waals surface area contributed by atoms with Gasteiger partial charge in [-0.25, -0.2) is 9.36 Å². The van der Waals surface area contributed by atoms with Gasteiger partial charge < -0.3 is 14.7 Å². The van der Waals surface area contributed by atoms with E-state index in [0.717, 1.165) is 43.3 Å². The number of fused-ring (bicyclic) bond motifs is 1. The van der Waals surface area contributed by atoms with E-state index < -0.39 is 58.7 Å². The zero-order valence-electron chi connectivity index (χ0n) is 18.3. The topological polar surface area (TPSA) is 239 Å². The molecule has 37 heavy (non-hydrogen) atoms. The maximum Gasteiger partial charge on any atom is 0.335 e. The summed E-state index contributed by atoms with van der Waals surface area (Å²) in [5.74, 6) is -2.69. The normalized spacial score (nSPS) is 12.4. The number of benzene rings is 2. The number of hydrogen-bond donors (Lipinski definition) is 4. The molecule has 4 rings (SSSR count). The molecule has 17 heteroatoms. The summed E-state index contributed by atoms with van der Waals surface area (Å²) in [6.07, 6.45) is 0. The van der Waals surface area contributed by atoms with Crippen LogP contribution in [0.3, 0.4) is 0 Å². The Morgan fingerprint density at radius 2 is 1.65 bits per heavy atom. The second-order valence-corrected chi connectivity index (χ2v) is 10.2. The molecule has 0 saturated carbocycles. The van der Waals surface area contributed by atoms with Gasteiger partial charge >= 0.3 is 5.97 Å². The molecule has 0 bridgehead atoms. The molecular weight excluding hydrogens is 536 g/mol. The van der Waals surface area contributed by atoms with Crippen molar-refractivity contribution in [3.63, 3.8) is 0 Å². The number of aromatic nitrogens is 2. The van der Waals surface area contributed by atoms with E-state index in [-0.39, 0.29) is 28.0 Å². The van der Waals surface area contributed by atoms with Gasteiger partial charge in [-0.2, -0.15) is 16.8 Å². The Kier molecular flexibility index (Phi) is 6.16. The minimum Gasteiger partial charge on any atom is -0.493 e. The van der Waals surface area contributed by atoms with Gasteiger partial charge in [0.2, 0.25) is 11.7 Å². The van der Waals surface area contributed by atoms with E-state index in [2.05, 4.69) is 15.4 Å². The van der Waals surface area contributed by atoms with Crippen molar-refractivity contribution in [2.24, 2.45) is 10.2 Å². The Hall–Kier alpha value is -4.45. The highest BCUT2D eigenvalue weighted by molar-refractivity contribution is 7.86. The summed E-state index contributed by atoms with van der Waals surface area (Å²) in [7, 11) is -9.64. The SMILES string of the molecule is Cc1c(S(=O)(=O)O)c(O)n(-c2ccc(C(=O)O)cc2)c(=O)c1N=Nc1noc2cc(S(=O)(=O)O)ccc12. The van der Waals surface area contributed by atoms with E-state index in [4.69, 9.17) is 14.2 Å². The Labute approximate surface area is 206 Å². The second kappa shape index (κ2) is 8.89. The number of carboxylic acid groups (broad SMARTS) is 1. The first-order valence-electron chi connectivity index (χ1n) is 9.78. The van der Waals surface area contributed by atoms with Crippen LogP contribution in [0.2, 0.25) is 0 Å². The first-order valence-corrected chi connectivity index (χ1v) is 12.7. The molecule has 0 radical (unpaired) electrons. The van der Waals surface area contributed by atoms with Crippen LogP contribution in [0.4, 0.5) is 11.5 Å². The third-order valence-electron chi connectivity index (χ3n) is 5.11. The van der Waals surface area contributed by atoms with Crippen molar-refractivity contribution in [1.29, 1.82) is 0 Å². The number of azo groups is 1. The number of aromatic hydroxyl groups is 1. The predicted molar refractivity (Wildman–Crippen MR) is 123 cm³/mol. The van der Waals surface area contributed by atoms with Crippen molar-refractivity contribution >= 4 is 48.7 Å². The van der Waals surface area contributed by atoms with E-state index in [1.54, 1.807) is 0 Å². The number of aromatic carboxylic acids is 1. The molecule has 0 saturated heterocycles. The standard InChI is InChI=1S/C20H14N4O11S2/c1-9-15(21-22-17-13-7-6-12(36(29,30)31)8-14(13)35-23-17)18(25)24(19(26)16(9)37(32,33)34)11-4-2-10(3-5-11)20(27)28/h2-8,26H,1H3,(H,27,28)(H,29,30,31)(H,32,33,34). The molecule has 0 unspecified atom stereocenters. The van der Waals surface area contributed by atoms with Gasteiger partial charge in [-0.3, -0.25) is 13.9 Å². The second-order valence-electron chi connectivity index (χ2n) is 7.43. The smallest absolute Gasteiger partial charge is 0.335 e. The maximum absolute atomic E-state index is 13.2. The molecule has 0 fully saturated rings. The molecule has 2 aromatic heterocycles. The quantitative estimate of drug-likeness (QED) is 0.200. The Balaban J connectivity index is 1.92. The summed E-state index contributed by atoms with van der Waals surface area (Å²) < 4.78 is 70.9. The van der Waals surface area contributed by atoms with Crippen molar-refractivity contribution in [2.45, 2.75) is 16.7 Å². The van der Waals surface area contributed by atoms with Crippen LogP contribution in [0.5, 0.6) is 5.88 Å². The van der Waals surface area contributed by atoms with Crippen LogP contribution in [-0.4, -0.2) is 51.8 Å². The minimum absolute atomic E-state index is 0.110. The van der Waals surface area contributed by atoms with Gasteiger partial charge in [-0.15, -0.1) is 10.2 Å². The number of carbonyl (C=O) groups is 1. The fourth-order valence-electron chi connectivity index (χ4n) is 3.39. The molecule has 15 nitrogen and oxygen atoms in total. The van der Waals surface area contributed by atoms with Crippen molar-refractivity contribution in [2.75, 3.05) is 0 Å². The third-order valence-corrected chi connectivity index (χ3v) is 6.97. The minimum atomic E-state index is -5.10. The van der Waals surface area contributed by atoms with Crippen molar-refractivity contribution < 1.29 is 45.5 Å². The zero-order chi connectivity index (χ0) is 27.3. The van der Waals surface area contributed by atoms with Crippen molar-refractivity contribution in [1.82, 2.24) is 9.72 Å². The number of rotatable bonds is 6. The Morgan fingerprint density at radius 3 is 2.22 bits per heavy atom. The lowest BCUT2D eigenvalue weighted by molar-refractivity contribution is 0.0697. The third kappa shape index (κ3) is 4.70. The summed E-state index contributed by atoms with van der Waals surface area (Å²) in [5, 5.41) is 30.8. The van der Waals surface area contributed by atoms with Gasteiger partial charge in [-0.1, -0.05) is 5.16 Å². The molecule has 0 aliphatic heterocycles. The van der Waals surface area contributed by atoms with Crippen LogP contribution in [0, 0.1) is 6.92 Å². The van der Waals surface area contributed by atoms with Gasteiger partial charge in [0.1, 0.15) is 0 Å². The molecule has 0 atom stereocenters. The first-order chi connectivity index (χ1) is 17.2.